The summed E-state index contributed by atoms with van der Waals surface area (Å²) in [5.41, 5.74) is -0.485. The fraction of sp³-hybridized carbons (Fsp3) is 0.250. The molecule has 0 saturated heterocycles. The van der Waals surface area contributed by atoms with Crippen molar-refractivity contribution in [3.8, 4) is 16.9 Å². The summed E-state index contributed by atoms with van der Waals surface area (Å²) in [6.07, 6.45) is -4.63. The van der Waals surface area contributed by atoms with Gasteiger partial charge in [-0.3, -0.25) is 4.79 Å². The number of aliphatic hydroxyl groups is 1. The van der Waals surface area contributed by atoms with Gasteiger partial charge < -0.3 is 19.6 Å². The standard InChI is InChI=1S/C20H17ClF3NO4/c1-28-10-29-17-5-3-12(21)9-15(17)18-13(6-7-26)19(27)25-16-4-2-11(8-14(16)18)20(22,23)24/h2-5,8-9,26H,6-7,10H2,1H3,(H,25,27)/i18+2. The third-order valence-corrected chi connectivity index (χ3v) is 4.58. The summed E-state index contributed by atoms with van der Waals surface area (Å²) in [5, 5.41) is 9.89. The lowest BCUT2D eigenvalue weighted by Crippen LogP contribution is -2.17. The van der Waals surface area contributed by atoms with Gasteiger partial charge in [-0.15, -0.1) is 0 Å². The second-order valence-corrected chi connectivity index (χ2v) is 6.67. The van der Waals surface area contributed by atoms with Crippen LogP contribution in [-0.4, -0.2) is 30.6 Å². The Kier molecular flexibility index (Phi) is 6.16. The highest BCUT2D eigenvalue weighted by Crippen LogP contribution is 2.40. The minimum atomic E-state index is -4.57. The van der Waals surface area contributed by atoms with Crippen molar-refractivity contribution in [1.82, 2.24) is 4.98 Å². The maximum absolute atomic E-state index is 13.3. The van der Waals surface area contributed by atoms with E-state index in [2.05, 4.69) is 4.98 Å². The highest BCUT2D eigenvalue weighted by atomic mass is 35.5. The van der Waals surface area contributed by atoms with E-state index in [1.807, 2.05) is 0 Å². The first kappa shape index (κ1) is 21.2. The number of fused-ring (bicyclic) bond motifs is 1. The smallest absolute Gasteiger partial charge is 0.416 e. The number of aromatic nitrogens is 1. The average molecular weight is 430 g/mol. The Bertz CT molecular complexity index is 1100. The van der Waals surface area contributed by atoms with Crippen molar-refractivity contribution in [2.75, 3.05) is 20.5 Å². The number of alkyl halides is 3. The molecule has 2 N–H and O–H groups in total. The fourth-order valence-electron chi connectivity index (χ4n) is 3.11. The number of nitrogens with one attached hydrogen (secondary N) is 1. The van der Waals surface area contributed by atoms with Crippen LogP contribution < -0.4 is 10.3 Å². The van der Waals surface area contributed by atoms with Crippen LogP contribution in [0.5, 0.6) is 5.75 Å². The van der Waals surface area contributed by atoms with Gasteiger partial charge in [-0.1, -0.05) is 11.6 Å². The van der Waals surface area contributed by atoms with E-state index in [1.165, 1.54) is 19.2 Å². The molecule has 9 heteroatoms. The topological polar surface area (TPSA) is 71.5 Å². The van der Waals surface area contributed by atoms with Crippen molar-refractivity contribution in [2.24, 2.45) is 0 Å². The minimum Gasteiger partial charge on any atom is -0.467 e. The van der Waals surface area contributed by atoms with Gasteiger partial charge >= 0.3 is 6.18 Å². The molecule has 0 aliphatic rings. The van der Waals surface area contributed by atoms with Crippen LogP contribution in [0.15, 0.2) is 41.2 Å². The third-order valence-electron chi connectivity index (χ3n) is 4.35. The van der Waals surface area contributed by atoms with Crippen LogP contribution in [0.4, 0.5) is 13.2 Å². The number of halogens is 4. The first-order chi connectivity index (χ1) is 13.8. The van der Waals surface area contributed by atoms with E-state index in [9.17, 15) is 23.1 Å². The van der Waals surface area contributed by atoms with E-state index >= 15 is 0 Å². The molecule has 0 aliphatic carbocycles. The minimum absolute atomic E-state index is 0.0624. The number of ether oxygens (including phenoxy) is 2. The maximum Gasteiger partial charge on any atom is 0.416 e. The molecule has 1 heterocycles. The van der Waals surface area contributed by atoms with Crippen LogP contribution >= 0.6 is 11.6 Å². The van der Waals surface area contributed by atoms with Gasteiger partial charge in [-0.05, 0) is 36.4 Å². The molecular weight excluding hydrogens is 413 g/mol. The van der Waals surface area contributed by atoms with Crippen molar-refractivity contribution in [2.45, 2.75) is 12.6 Å². The normalized spacial score (nSPS) is 11.8. The molecular formula is C20H17ClF3NO4. The Labute approximate surface area is 168 Å². The Balaban J connectivity index is 2.42. The first-order valence-corrected chi connectivity index (χ1v) is 8.92. The van der Waals surface area contributed by atoms with E-state index in [0.717, 1.165) is 12.1 Å². The number of benzene rings is 2. The molecule has 0 fully saturated rings. The van der Waals surface area contributed by atoms with E-state index in [-0.39, 0.29) is 47.6 Å². The van der Waals surface area contributed by atoms with Gasteiger partial charge in [0, 0.05) is 52.8 Å². The SMILES string of the molecule is COCOc1ccc(Cl)cc1-[14c]1c(CCO)c(=O)[nH]c2ccc(C(F)(F)F)cc21. The van der Waals surface area contributed by atoms with Gasteiger partial charge in [-0.25, -0.2) is 0 Å². The molecule has 0 bridgehead atoms. The summed E-state index contributed by atoms with van der Waals surface area (Å²) in [5.74, 6) is 0.278. The lowest BCUT2D eigenvalue weighted by atomic mass is 10.1. The van der Waals surface area contributed by atoms with Gasteiger partial charge in [0.15, 0.2) is 6.79 Å². The molecule has 0 unspecified atom stereocenters. The highest BCUT2D eigenvalue weighted by molar-refractivity contribution is 6.31. The molecule has 0 saturated carbocycles. The van der Waals surface area contributed by atoms with Crippen molar-refractivity contribution < 1.29 is 27.8 Å². The molecule has 2 aromatic carbocycles. The van der Waals surface area contributed by atoms with Crippen molar-refractivity contribution >= 4 is 22.5 Å². The van der Waals surface area contributed by atoms with E-state index in [4.69, 9.17) is 21.1 Å². The molecule has 0 amide bonds. The summed E-state index contributed by atoms with van der Waals surface area (Å²) >= 11 is 6.12. The zero-order valence-corrected chi connectivity index (χ0v) is 16.0. The molecule has 0 spiro atoms. The van der Waals surface area contributed by atoms with Crippen LogP contribution in [0.25, 0.3) is 22.0 Å². The molecule has 3 aromatic rings. The number of pyridine rings is 1. The van der Waals surface area contributed by atoms with Crippen LogP contribution in [0.2, 0.25) is 5.02 Å². The number of methoxy groups -OCH3 is 1. The lowest BCUT2D eigenvalue weighted by Gasteiger charge is -2.17. The summed E-state index contributed by atoms with van der Waals surface area (Å²) in [4.78, 5) is 15.2. The van der Waals surface area contributed by atoms with Gasteiger partial charge in [-0.2, -0.15) is 13.2 Å². The first-order valence-electron chi connectivity index (χ1n) is 8.55. The predicted molar refractivity (Wildman–Crippen MR) is 103 cm³/mol. The molecule has 1 aromatic heterocycles. The number of aromatic amines is 1. The van der Waals surface area contributed by atoms with E-state index in [0.29, 0.717) is 10.6 Å². The molecule has 5 nitrogen and oxygen atoms in total. The monoisotopic (exact) mass is 429 g/mol. The predicted octanol–water partition coefficient (Wildman–Crippen LogP) is 4.38. The number of rotatable bonds is 6. The van der Waals surface area contributed by atoms with Crippen molar-refractivity contribution in [3.63, 3.8) is 0 Å². The number of hydrogen-bond donors (Lipinski definition) is 2. The quantitative estimate of drug-likeness (QED) is 0.570. The van der Waals surface area contributed by atoms with E-state index in [1.54, 1.807) is 12.1 Å². The average Bonchev–Trinajstić information content (AvgIpc) is 2.66. The summed E-state index contributed by atoms with van der Waals surface area (Å²) < 4.78 is 50.4. The highest BCUT2D eigenvalue weighted by Gasteiger charge is 2.31. The Morgan fingerprint density at radius 3 is 2.62 bits per heavy atom. The number of H-pyrrole nitrogens is 1. The largest absolute Gasteiger partial charge is 0.467 e. The number of hydrogen-bond acceptors (Lipinski definition) is 4. The Morgan fingerprint density at radius 2 is 1.97 bits per heavy atom. The molecule has 154 valence electrons. The molecule has 0 radical (unpaired) electrons. The van der Waals surface area contributed by atoms with Gasteiger partial charge in [0.25, 0.3) is 5.56 Å². The Morgan fingerprint density at radius 1 is 1.21 bits per heavy atom. The Hall–Kier alpha value is -2.55. The molecule has 3 rings (SSSR count). The van der Waals surface area contributed by atoms with Gasteiger partial charge in [0.05, 0.1) is 5.56 Å². The van der Waals surface area contributed by atoms with Crippen LogP contribution in [0, 0.1) is 0 Å². The lowest BCUT2D eigenvalue weighted by molar-refractivity contribution is -0.137. The molecule has 0 atom stereocenters. The second-order valence-electron chi connectivity index (χ2n) is 6.23. The van der Waals surface area contributed by atoms with Crippen LogP contribution in [-0.2, 0) is 17.3 Å². The van der Waals surface area contributed by atoms with E-state index < -0.39 is 17.3 Å². The van der Waals surface area contributed by atoms with Gasteiger partial charge in [0.1, 0.15) is 5.75 Å². The van der Waals surface area contributed by atoms with Crippen LogP contribution in [0.1, 0.15) is 11.1 Å². The summed E-state index contributed by atoms with van der Waals surface area (Å²) in [6.45, 7) is -0.478. The molecule has 29 heavy (non-hydrogen) atoms. The van der Waals surface area contributed by atoms with Gasteiger partial charge in [0.2, 0.25) is 0 Å². The zero-order valence-electron chi connectivity index (χ0n) is 15.3. The maximum atomic E-state index is 13.3. The van der Waals surface area contributed by atoms with Crippen LogP contribution in [0.3, 0.4) is 0 Å². The van der Waals surface area contributed by atoms with Crippen molar-refractivity contribution in [1.29, 1.82) is 0 Å². The third kappa shape index (κ3) is 4.39. The molecule has 0 aliphatic heterocycles. The van der Waals surface area contributed by atoms with Crippen molar-refractivity contribution in [3.05, 3.63) is 62.9 Å². The summed E-state index contributed by atoms with van der Waals surface area (Å²) in [7, 11) is 1.42. The summed E-state index contributed by atoms with van der Waals surface area (Å²) in [6, 6.07) is 7.66. The second kappa shape index (κ2) is 8.44. The zero-order chi connectivity index (χ0) is 21.2. The fourth-order valence-corrected chi connectivity index (χ4v) is 3.29. The number of aliphatic hydroxyl groups excluding tert-OH is 1.